The molecule has 0 amide bonds. The van der Waals surface area contributed by atoms with Gasteiger partial charge in [0.2, 0.25) is 0 Å². The molecule has 0 saturated heterocycles. The predicted octanol–water partition coefficient (Wildman–Crippen LogP) is 0.0615. The van der Waals surface area contributed by atoms with Crippen molar-refractivity contribution in [3.63, 3.8) is 0 Å². The Morgan fingerprint density at radius 1 is 1.46 bits per heavy atom. The van der Waals surface area contributed by atoms with E-state index in [1.165, 1.54) is 12.7 Å². The summed E-state index contributed by atoms with van der Waals surface area (Å²) in [7, 11) is 1.74. The zero-order chi connectivity index (χ0) is 9.42. The number of imidazole rings is 1. The third-order valence-corrected chi connectivity index (χ3v) is 1.70. The van der Waals surface area contributed by atoms with Gasteiger partial charge in [-0.25, -0.2) is 19.7 Å². The number of rotatable bonds is 1. The summed E-state index contributed by atoms with van der Waals surface area (Å²) in [6.45, 7) is 0. The number of fused-ring (bicyclic) bond motifs is 1. The molecule has 1 N–H and O–H groups in total. The third-order valence-electron chi connectivity index (χ3n) is 1.70. The molecular formula is C7H6N4O2. The van der Waals surface area contributed by atoms with Crippen molar-refractivity contribution in [3.05, 3.63) is 18.3 Å². The van der Waals surface area contributed by atoms with Crippen molar-refractivity contribution in [1.29, 1.82) is 0 Å². The number of nitrogens with zero attached hydrogens (tertiary/aromatic N) is 4. The Hall–Kier alpha value is -1.98. The number of aromatic nitrogens is 4. The van der Waals surface area contributed by atoms with Gasteiger partial charge in [-0.05, 0) is 0 Å². The molecule has 0 aliphatic heterocycles. The van der Waals surface area contributed by atoms with Gasteiger partial charge in [0.15, 0.2) is 11.3 Å². The predicted molar refractivity (Wildman–Crippen MR) is 43.3 cm³/mol. The highest BCUT2D eigenvalue weighted by atomic mass is 16.4. The van der Waals surface area contributed by atoms with Crippen LogP contribution in [0.5, 0.6) is 0 Å². The highest BCUT2D eigenvalue weighted by molar-refractivity contribution is 5.97. The fourth-order valence-corrected chi connectivity index (χ4v) is 1.10. The number of hydrogen-bond acceptors (Lipinski definition) is 4. The van der Waals surface area contributed by atoms with E-state index in [4.69, 9.17) is 5.11 Å². The van der Waals surface area contributed by atoms with Gasteiger partial charge in [-0.15, -0.1) is 0 Å². The minimum absolute atomic E-state index is 0.0643. The second-order valence-electron chi connectivity index (χ2n) is 2.56. The van der Waals surface area contributed by atoms with Gasteiger partial charge in [-0.2, -0.15) is 0 Å². The summed E-state index contributed by atoms with van der Waals surface area (Å²) in [6.07, 6.45) is 2.72. The van der Waals surface area contributed by atoms with Crippen LogP contribution in [0.15, 0.2) is 12.7 Å². The first-order valence-electron chi connectivity index (χ1n) is 3.55. The SMILES string of the molecule is Cn1cnc2c(C(=O)O)ncnc21. The molecule has 13 heavy (non-hydrogen) atoms. The summed E-state index contributed by atoms with van der Waals surface area (Å²) in [5.41, 5.74) is 0.774. The molecule has 0 bridgehead atoms. The topological polar surface area (TPSA) is 80.9 Å². The van der Waals surface area contributed by atoms with Crippen molar-refractivity contribution in [1.82, 2.24) is 19.5 Å². The van der Waals surface area contributed by atoms with Gasteiger partial charge in [0, 0.05) is 7.05 Å². The Balaban J connectivity index is 2.84. The van der Waals surface area contributed by atoms with E-state index in [2.05, 4.69) is 15.0 Å². The lowest BCUT2D eigenvalue weighted by atomic mass is 10.3. The van der Waals surface area contributed by atoms with Crippen LogP contribution in [0, 0.1) is 0 Å². The molecule has 2 rings (SSSR count). The molecular weight excluding hydrogens is 172 g/mol. The molecule has 66 valence electrons. The molecule has 6 nitrogen and oxygen atoms in total. The number of carboxylic acid groups (broad SMARTS) is 1. The van der Waals surface area contributed by atoms with E-state index < -0.39 is 5.97 Å². The molecule has 2 aromatic heterocycles. The minimum Gasteiger partial charge on any atom is -0.476 e. The molecule has 6 heteroatoms. The summed E-state index contributed by atoms with van der Waals surface area (Å²) in [6, 6.07) is 0. The summed E-state index contributed by atoms with van der Waals surface area (Å²) >= 11 is 0. The van der Waals surface area contributed by atoms with Gasteiger partial charge >= 0.3 is 5.97 Å². The molecule has 0 aromatic carbocycles. The Kier molecular flexibility index (Phi) is 1.48. The van der Waals surface area contributed by atoms with Crippen molar-refractivity contribution in [3.8, 4) is 0 Å². The first kappa shape index (κ1) is 7.66. The summed E-state index contributed by atoms with van der Waals surface area (Å²) in [4.78, 5) is 22.1. The zero-order valence-electron chi connectivity index (χ0n) is 6.80. The Morgan fingerprint density at radius 3 is 2.92 bits per heavy atom. The van der Waals surface area contributed by atoms with Crippen LogP contribution in [0.3, 0.4) is 0 Å². The molecule has 2 heterocycles. The van der Waals surface area contributed by atoms with Gasteiger partial charge in [0.25, 0.3) is 0 Å². The number of aryl methyl sites for hydroxylation is 1. The van der Waals surface area contributed by atoms with Crippen LogP contribution < -0.4 is 0 Å². The second kappa shape index (κ2) is 2.51. The maximum absolute atomic E-state index is 10.7. The summed E-state index contributed by atoms with van der Waals surface area (Å²) in [5, 5.41) is 8.75. The van der Waals surface area contributed by atoms with Crippen LogP contribution in [-0.2, 0) is 7.05 Å². The maximum atomic E-state index is 10.7. The largest absolute Gasteiger partial charge is 0.476 e. The molecule has 0 unspecified atom stereocenters. The van der Waals surface area contributed by atoms with E-state index in [0.717, 1.165) is 0 Å². The maximum Gasteiger partial charge on any atom is 0.356 e. The van der Waals surface area contributed by atoms with E-state index in [9.17, 15) is 4.79 Å². The monoisotopic (exact) mass is 178 g/mol. The molecule has 0 aliphatic rings. The molecule has 0 spiro atoms. The Labute approximate surface area is 72.9 Å². The van der Waals surface area contributed by atoms with Crippen molar-refractivity contribution in [2.45, 2.75) is 0 Å². The van der Waals surface area contributed by atoms with Gasteiger partial charge in [-0.3, -0.25) is 0 Å². The highest BCUT2D eigenvalue weighted by Gasteiger charge is 2.13. The van der Waals surface area contributed by atoms with E-state index in [0.29, 0.717) is 11.2 Å². The van der Waals surface area contributed by atoms with Crippen molar-refractivity contribution < 1.29 is 9.90 Å². The lowest BCUT2D eigenvalue weighted by Gasteiger charge is -1.94. The number of aromatic carboxylic acids is 1. The number of hydrogen-bond donors (Lipinski definition) is 1. The first-order chi connectivity index (χ1) is 6.20. The average molecular weight is 178 g/mol. The minimum atomic E-state index is -1.09. The summed E-state index contributed by atoms with van der Waals surface area (Å²) < 4.78 is 1.64. The molecule has 2 aromatic rings. The van der Waals surface area contributed by atoms with Gasteiger partial charge in [0.05, 0.1) is 6.33 Å². The lowest BCUT2D eigenvalue weighted by molar-refractivity contribution is 0.0692. The third kappa shape index (κ3) is 1.03. The molecule has 0 aliphatic carbocycles. The van der Waals surface area contributed by atoms with E-state index >= 15 is 0 Å². The standard InChI is InChI=1S/C7H6N4O2/c1-11-3-10-4-5(7(12)13)8-2-9-6(4)11/h2-3H,1H3,(H,12,13). The first-order valence-corrected chi connectivity index (χ1v) is 3.55. The molecule has 0 saturated carbocycles. The van der Waals surface area contributed by atoms with E-state index in [1.54, 1.807) is 11.6 Å². The lowest BCUT2D eigenvalue weighted by Crippen LogP contribution is -2.02. The van der Waals surface area contributed by atoms with E-state index in [-0.39, 0.29) is 5.69 Å². The average Bonchev–Trinajstić information content (AvgIpc) is 2.48. The van der Waals surface area contributed by atoms with Crippen molar-refractivity contribution in [2.75, 3.05) is 0 Å². The molecule has 0 atom stereocenters. The van der Waals surface area contributed by atoms with Crippen molar-refractivity contribution >= 4 is 17.1 Å². The fourth-order valence-electron chi connectivity index (χ4n) is 1.10. The second-order valence-corrected chi connectivity index (χ2v) is 2.56. The summed E-state index contributed by atoms with van der Waals surface area (Å²) in [5.74, 6) is -1.09. The van der Waals surface area contributed by atoms with Crippen LogP contribution in [0.2, 0.25) is 0 Å². The Bertz CT molecular complexity index is 476. The van der Waals surface area contributed by atoms with Crippen LogP contribution in [-0.4, -0.2) is 30.6 Å². The normalized spacial score (nSPS) is 10.5. The van der Waals surface area contributed by atoms with Crippen LogP contribution >= 0.6 is 0 Å². The molecule has 0 fully saturated rings. The Morgan fingerprint density at radius 2 is 2.23 bits per heavy atom. The van der Waals surface area contributed by atoms with Gasteiger partial charge in [-0.1, -0.05) is 0 Å². The highest BCUT2D eigenvalue weighted by Crippen LogP contribution is 2.10. The van der Waals surface area contributed by atoms with Crippen LogP contribution in [0.4, 0.5) is 0 Å². The van der Waals surface area contributed by atoms with Crippen LogP contribution in [0.1, 0.15) is 10.5 Å². The zero-order valence-corrected chi connectivity index (χ0v) is 6.80. The number of carbonyl (C=O) groups is 1. The van der Waals surface area contributed by atoms with Crippen LogP contribution in [0.25, 0.3) is 11.2 Å². The quantitative estimate of drug-likeness (QED) is 0.667. The molecule has 0 radical (unpaired) electrons. The fraction of sp³-hybridized carbons (Fsp3) is 0.143. The van der Waals surface area contributed by atoms with E-state index in [1.807, 2.05) is 0 Å². The number of carboxylic acids is 1. The van der Waals surface area contributed by atoms with Gasteiger partial charge in [0.1, 0.15) is 11.8 Å². The van der Waals surface area contributed by atoms with Crippen molar-refractivity contribution in [2.24, 2.45) is 7.05 Å². The smallest absolute Gasteiger partial charge is 0.356 e. The van der Waals surface area contributed by atoms with Gasteiger partial charge < -0.3 is 9.67 Å².